The second kappa shape index (κ2) is 4.69. The Hall–Kier alpha value is -2.83. The molecule has 2 amide bonds. The number of nitrogens with two attached hydrogens (primary N) is 1. The Bertz CT molecular complexity index is 646. The number of amides is 2. The third-order valence-electron chi connectivity index (χ3n) is 3.16. The summed E-state index contributed by atoms with van der Waals surface area (Å²) in [5, 5.41) is 8.82. The van der Waals surface area contributed by atoms with Gasteiger partial charge in [-0.25, -0.2) is 0 Å². The molecular formula is C13H13N5O2. The third kappa shape index (κ3) is 2.20. The minimum absolute atomic E-state index is 0.179. The molecule has 0 radical (unpaired) electrons. The first-order valence-corrected chi connectivity index (χ1v) is 6.10. The second-order valence-corrected chi connectivity index (χ2v) is 4.57. The summed E-state index contributed by atoms with van der Waals surface area (Å²) in [5.41, 5.74) is 8.33. The van der Waals surface area contributed by atoms with Gasteiger partial charge < -0.3 is 10.6 Å². The number of aromatic nitrogens is 2. The summed E-state index contributed by atoms with van der Waals surface area (Å²) in [6.45, 7) is 0.359. The number of aromatic amines is 1. The van der Waals surface area contributed by atoms with Crippen molar-refractivity contribution in [1.82, 2.24) is 15.5 Å². The van der Waals surface area contributed by atoms with Gasteiger partial charge in [0.15, 0.2) is 0 Å². The zero-order chi connectivity index (χ0) is 14.1. The van der Waals surface area contributed by atoms with Gasteiger partial charge in [-0.3, -0.25) is 20.0 Å². The van der Waals surface area contributed by atoms with E-state index in [2.05, 4.69) is 15.5 Å². The quantitative estimate of drug-likeness (QED) is 0.673. The van der Waals surface area contributed by atoms with Crippen molar-refractivity contribution < 1.29 is 9.59 Å². The number of imide groups is 1. The van der Waals surface area contributed by atoms with Gasteiger partial charge in [0.25, 0.3) is 0 Å². The summed E-state index contributed by atoms with van der Waals surface area (Å²) in [6, 6.07) is 7.47. The molecule has 4 N–H and O–H groups in total. The molecule has 0 bridgehead atoms. The van der Waals surface area contributed by atoms with E-state index in [1.165, 1.54) is 0 Å². The Labute approximate surface area is 114 Å². The summed E-state index contributed by atoms with van der Waals surface area (Å²) in [5.74, 6) is -0.0703. The lowest BCUT2D eigenvalue weighted by Crippen LogP contribution is -2.51. The molecule has 1 aromatic heterocycles. The SMILES string of the molecule is Nc1[nH]ncc1-c1ccc(N2CC(=O)NC(=O)C2)cc1. The van der Waals surface area contributed by atoms with Gasteiger partial charge in [0.05, 0.1) is 19.3 Å². The van der Waals surface area contributed by atoms with Crippen LogP contribution in [0, 0.1) is 0 Å². The van der Waals surface area contributed by atoms with Gasteiger partial charge in [-0.05, 0) is 17.7 Å². The van der Waals surface area contributed by atoms with Crippen LogP contribution in [0.2, 0.25) is 0 Å². The van der Waals surface area contributed by atoms with Crippen molar-refractivity contribution in [2.24, 2.45) is 0 Å². The average Bonchev–Trinajstić information content (AvgIpc) is 2.84. The van der Waals surface area contributed by atoms with Crippen molar-refractivity contribution in [2.45, 2.75) is 0 Å². The highest BCUT2D eigenvalue weighted by Gasteiger charge is 2.22. The second-order valence-electron chi connectivity index (χ2n) is 4.57. The number of benzene rings is 1. The fourth-order valence-electron chi connectivity index (χ4n) is 2.20. The molecule has 1 saturated heterocycles. The van der Waals surface area contributed by atoms with Gasteiger partial charge in [0.1, 0.15) is 5.82 Å². The summed E-state index contributed by atoms with van der Waals surface area (Å²) in [7, 11) is 0. The van der Waals surface area contributed by atoms with Crippen molar-refractivity contribution >= 4 is 23.3 Å². The van der Waals surface area contributed by atoms with Crippen LogP contribution in [-0.4, -0.2) is 35.1 Å². The smallest absolute Gasteiger partial charge is 0.246 e. The fraction of sp³-hybridized carbons (Fsp3) is 0.154. The van der Waals surface area contributed by atoms with Crippen molar-refractivity contribution in [3.8, 4) is 11.1 Å². The van der Waals surface area contributed by atoms with Crippen LogP contribution in [0.1, 0.15) is 0 Å². The standard InChI is InChI=1S/C13H13N5O2/c14-13-10(5-15-17-13)8-1-3-9(4-2-8)18-6-11(19)16-12(20)7-18/h1-5H,6-7H2,(H3,14,15,17)(H,16,19,20). The number of nitrogens with one attached hydrogen (secondary N) is 2. The minimum atomic E-state index is -0.288. The highest BCUT2D eigenvalue weighted by atomic mass is 16.2. The largest absolute Gasteiger partial charge is 0.384 e. The number of anilines is 2. The van der Waals surface area contributed by atoms with Crippen LogP contribution in [0.4, 0.5) is 11.5 Å². The maximum atomic E-state index is 11.4. The van der Waals surface area contributed by atoms with E-state index in [-0.39, 0.29) is 24.9 Å². The van der Waals surface area contributed by atoms with Crippen LogP contribution in [0.25, 0.3) is 11.1 Å². The van der Waals surface area contributed by atoms with Gasteiger partial charge in [-0.1, -0.05) is 12.1 Å². The number of H-pyrrole nitrogens is 1. The maximum absolute atomic E-state index is 11.4. The number of carbonyl (C=O) groups excluding carboxylic acids is 2. The molecule has 1 aliphatic heterocycles. The molecule has 2 aromatic rings. The predicted molar refractivity (Wildman–Crippen MR) is 73.8 cm³/mol. The number of hydrogen-bond acceptors (Lipinski definition) is 5. The normalized spacial score (nSPS) is 15.3. The minimum Gasteiger partial charge on any atom is -0.384 e. The molecular weight excluding hydrogens is 258 g/mol. The number of piperazine rings is 1. The third-order valence-corrected chi connectivity index (χ3v) is 3.16. The number of nitrogens with zero attached hydrogens (tertiary/aromatic N) is 2. The molecule has 1 aromatic carbocycles. The summed E-state index contributed by atoms with van der Waals surface area (Å²) in [6.07, 6.45) is 1.65. The highest BCUT2D eigenvalue weighted by molar-refractivity contribution is 6.02. The average molecular weight is 271 g/mol. The molecule has 0 saturated carbocycles. The van der Waals surface area contributed by atoms with Gasteiger partial charge >= 0.3 is 0 Å². The highest BCUT2D eigenvalue weighted by Crippen LogP contribution is 2.26. The predicted octanol–water partition coefficient (Wildman–Crippen LogP) is 0.122. The Morgan fingerprint density at radius 2 is 1.75 bits per heavy atom. The van der Waals surface area contributed by atoms with Crippen LogP contribution < -0.4 is 16.0 Å². The summed E-state index contributed by atoms with van der Waals surface area (Å²) < 4.78 is 0. The summed E-state index contributed by atoms with van der Waals surface area (Å²) >= 11 is 0. The van der Waals surface area contributed by atoms with E-state index in [4.69, 9.17) is 5.73 Å². The van der Waals surface area contributed by atoms with Crippen LogP contribution in [0.5, 0.6) is 0 Å². The lowest BCUT2D eigenvalue weighted by molar-refractivity contribution is -0.130. The van der Waals surface area contributed by atoms with Crippen LogP contribution in [0.15, 0.2) is 30.5 Å². The molecule has 0 spiro atoms. The lowest BCUT2D eigenvalue weighted by atomic mass is 10.1. The van der Waals surface area contributed by atoms with Gasteiger partial charge in [-0.2, -0.15) is 5.10 Å². The maximum Gasteiger partial charge on any atom is 0.246 e. The van der Waals surface area contributed by atoms with Crippen LogP contribution in [0.3, 0.4) is 0 Å². The van der Waals surface area contributed by atoms with Crippen molar-refractivity contribution in [1.29, 1.82) is 0 Å². The van der Waals surface area contributed by atoms with E-state index >= 15 is 0 Å². The zero-order valence-electron chi connectivity index (χ0n) is 10.6. The van der Waals surface area contributed by atoms with E-state index < -0.39 is 0 Å². The van der Waals surface area contributed by atoms with E-state index in [0.29, 0.717) is 5.82 Å². The van der Waals surface area contributed by atoms with Crippen molar-refractivity contribution in [3.63, 3.8) is 0 Å². The van der Waals surface area contributed by atoms with Crippen molar-refractivity contribution in [3.05, 3.63) is 30.5 Å². The molecule has 0 atom stereocenters. The van der Waals surface area contributed by atoms with E-state index in [1.54, 1.807) is 11.1 Å². The Morgan fingerprint density at radius 3 is 2.30 bits per heavy atom. The monoisotopic (exact) mass is 271 g/mol. The van der Waals surface area contributed by atoms with Crippen molar-refractivity contribution in [2.75, 3.05) is 23.7 Å². The van der Waals surface area contributed by atoms with Crippen LogP contribution >= 0.6 is 0 Å². The number of nitrogen functional groups attached to an aromatic ring is 1. The fourth-order valence-corrected chi connectivity index (χ4v) is 2.20. The Balaban J connectivity index is 1.84. The number of hydrogen-bond donors (Lipinski definition) is 3. The molecule has 7 heteroatoms. The molecule has 0 aliphatic carbocycles. The number of rotatable bonds is 2. The molecule has 2 heterocycles. The zero-order valence-corrected chi connectivity index (χ0v) is 10.6. The molecule has 7 nitrogen and oxygen atoms in total. The van der Waals surface area contributed by atoms with Gasteiger partial charge in [0, 0.05) is 11.3 Å². The van der Waals surface area contributed by atoms with E-state index in [9.17, 15) is 9.59 Å². The first-order valence-electron chi connectivity index (χ1n) is 6.10. The molecule has 102 valence electrons. The molecule has 1 aliphatic rings. The lowest BCUT2D eigenvalue weighted by Gasteiger charge is -2.27. The molecule has 20 heavy (non-hydrogen) atoms. The topological polar surface area (TPSA) is 104 Å². The first kappa shape index (κ1) is 12.2. The molecule has 3 rings (SSSR count). The summed E-state index contributed by atoms with van der Waals surface area (Å²) in [4.78, 5) is 24.4. The van der Waals surface area contributed by atoms with E-state index in [0.717, 1.165) is 16.8 Å². The van der Waals surface area contributed by atoms with Gasteiger partial charge in [-0.15, -0.1) is 0 Å². The first-order chi connectivity index (χ1) is 9.63. The molecule has 1 fully saturated rings. The molecule has 0 unspecified atom stereocenters. The number of carbonyl (C=O) groups is 2. The Morgan fingerprint density at radius 1 is 1.10 bits per heavy atom. The van der Waals surface area contributed by atoms with Crippen LogP contribution in [-0.2, 0) is 9.59 Å². The van der Waals surface area contributed by atoms with E-state index in [1.807, 2.05) is 24.3 Å². The van der Waals surface area contributed by atoms with Gasteiger partial charge in [0.2, 0.25) is 11.8 Å². The Kier molecular flexibility index (Phi) is 2.86.